The van der Waals surface area contributed by atoms with Gasteiger partial charge in [-0.05, 0) is 32.3 Å². The zero-order valence-electron chi connectivity index (χ0n) is 13.0. The number of halogens is 1. The van der Waals surface area contributed by atoms with Gasteiger partial charge in [0.15, 0.2) is 5.96 Å². The SMILES string of the molecule is CCNC(=NCC(C)Cn1cccn1)NC(C)CC.I. The first-order valence-corrected chi connectivity index (χ1v) is 7.18. The van der Waals surface area contributed by atoms with Crippen LogP contribution in [0.25, 0.3) is 0 Å². The van der Waals surface area contributed by atoms with Crippen molar-refractivity contribution in [3.63, 3.8) is 0 Å². The van der Waals surface area contributed by atoms with Crippen molar-refractivity contribution in [1.29, 1.82) is 0 Å². The Labute approximate surface area is 139 Å². The highest BCUT2D eigenvalue weighted by molar-refractivity contribution is 14.0. The lowest BCUT2D eigenvalue weighted by molar-refractivity contribution is 0.457. The van der Waals surface area contributed by atoms with Gasteiger partial charge in [0.2, 0.25) is 0 Å². The smallest absolute Gasteiger partial charge is 0.191 e. The number of hydrogen-bond donors (Lipinski definition) is 2. The van der Waals surface area contributed by atoms with Gasteiger partial charge in [-0.15, -0.1) is 24.0 Å². The third kappa shape index (κ3) is 7.72. The van der Waals surface area contributed by atoms with Crippen molar-refractivity contribution in [1.82, 2.24) is 20.4 Å². The van der Waals surface area contributed by atoms with Crippen molar-refractivity contribution < 1.29 is 0 Å². The second kappa shape index (κ2) is 10.9. The number of rotatable bonds is 7. The predicted molar refractivity (Wildman–Crippen MR) is 95.7 cm³/mol. The number of aliphatic imine (C=N–C) groups is 1. The maximum Gasteiger partial charge on any atom is 0.191 e. The molecule has 0 saturated heterocycles. The van der Waals surface area contributed by atoms with Gasteiger partial charge in [-0.3, -0.25) is 9.67 Å². The molecular weight excluding hydrogens is 365 g/mol. The Morgan fingerprint density at radius 1 is 1.35 bits per heavy atom. The summed E-state index contributed by atoms with van der Waals surface area (Å²) in [5.41, 5.74) is 0. The molecule has 0 aliphatic carbocycles. The van der Waals surface area contributed by atoms with E-state index in [-0.39, 0.29) is 24.0 Å². The minimum absolute atomic E-state index is 0. The van der Waals surface area contributed by atoms with E-state index in [0.29, 0.717) is 12.0 Å². The molecule has 0 amide bonds. The quantitative estimate of drug-likeness (QED) is 0.425. The molecule has 0 spiro atoms. The lowest BCUT2D eigenvalue weighted by atomic mass is 10.2. The van der Waals surface area contributed by atoms with Crippen molar-refractivity contribution in [2.24, 2.45) is 10.9 Å². The Morgan fingerprint density at radius 3 is 2.65 bits per heavy atom. The van der Waals surface area contributed by atoms with Gasteiger partial charge in [-0.1, -0.05) is 13.8 Å². The fourth-order valence-electron chi connectivity index (χ4n) is 1.69. The van der Waals surface area contributed by atoms with Crippen LogP contribution >= 0.6 is 24.0 Å². The molecule has 1 rings (SSSR count). The highest BCUT2D eigenvalue weighted by Gasteiger charge is 2.05. The second-order valence-electron chi connectivity index (χ2n) is 5.01. The van der Waals surface area contributed by atoms with Crippen LogP contribution in [0.4, 0.5) is 0 Å². The molecule has 0 fully saturated rings. The number of aromatic nitrogens is 2. The molecule has 1 heterocycles. The predicted octanol–water partition coefficient (Wildman–Crippen LogP) is 2.49. The fourth-order valence-corrected chi connectivity index (χ4v) is 1.69. The minimum atomic E-state index is 0. The maximum absolute atomic E-state index is 4.64. The van der Waals surface area contributed by atoms with Gasteiger partial charge in [-0.25, -0.2) is 0 Å². The molecule has 20 heavy (non-hydrogen) atoms. The highest BCUT2D eigenvalue weighted by Crippen LogP contribution is 2.00. The zero-order valence-corrected chi connectivity index (χ0v) is 15.3. The molecule has 5 nitrogen and oxygen atoms in total. The van der Waals surface area contributed by atoms with Crippen molar-refractivity contribution in [2.45, 2.75) is 46.7 Å². The summed E-state index contributed by atoms with van der Waals surface area (Å²) >= 11 is 0. The van der Waals surface area contributed by atoms with Crippen LogP contribution in [0.15, 0.2) is 23.5 Å². The highest BCUT2D eigenvalue weighted by atomic mass is 127. The van der Waals surface area contributed by atoms with E-state index in [1.807, 2.05) is 23.1 Å². The van der Waals surface area contributed by atoms with Crippen molar-refractivity contribution in [3.05, 3.63) is 18.5 Å². The molecule has 0 bridgehead atoms. The lowest BCUT2D eigenvalue weighted by Gasteiger charge is -2.17. The van der Waals surface area contributed by atoms with E-state index in [1.54, 1.807) is 0 Å². The summed E-state index contributed by atoms with van der Waals surface area (Å²) in [7, 11) is 0. The number of nitrogens with zero attached hydrogens (tertiary/aromatic N) is 3. The number of guanidine groups is 1. The fraction of sp³-hybridized carbons (Fsp3) is 0.714. The average molecular weight is 393 g/mol. The molecule has 0 aromatic carbocycles. The largest absolute Gasteiger partial charge is 0.357 e. The topological polar surface area (TPSA) is 54.2 Å². The standard InChI is InChI=1S/C14H27N5.HI/c1-5-13(4)18-14(15-6-2)16-10-12(3)11-19-9-7-8-17-19;/h7-9,12-13H,5-6,10-11H2,1-4H3,(H2,15,16,18);1H. The van der Waals surface area contributed by atoms with E-state index >= 15 is 0 Å². The molecule has 116 valence electrons. The third-order valence-electron chi connectivity index (χ3n) is 2.96. The van der Waals surface area contributed by atoms with Crippen molar-refractivity contribution >= 4 is 29.9 Å². The zero-order chi connectivity index (χ0) is 14.1. The first-order valence-electron chi connectivity index (χ1n) is 7.18. The Hall–Kier alpha value is -0.790. The molecule has 2 atom stereocenters. The summed E-state index contributed by atoms with van der Waals surface area (Å²) in [6, 6.07) is 2.39. The van der Waals surface area contributed by atoms with Crippen LogP contribution in [0.1, 0.15) is 34.1 Å². The second-order valence-corrected chi connectivity index (χ2v) is 5.01. The van der Waals surface area contributed by atoms with Crippen molar-refractivity contribution in [3.8, 4) is 0 Å². The summed E-state index contributed by atoms with van der Waals surface area (Å²) in [6.45, 7) is 11.2. The van der Waals surface area contributed by atoms with Gasteiger partial charge in [0.1, 0.15) is 0 Å². The molecule has 1 aromatic heterocycles. The molecule has 0 aliphatic rings. The molecule has 0 aliphatic heterocycles. The maximum atomic E-state index is 4.64. The van der Waals surface area contributed by atoms with E-state index < -0.39 is 0 Å². The van der Waals surface area contributed by atoms with Gasteiger partial charge in [-0.2, -0.15) is 5.10 Å². The number of nitrogens with one attached hydrogen (secondary N) is 2. The van der Waals surface area contributed by atoms with E-state index in [1.165, 1.54) is 0 Å². The van der Waals surface area contributed by atoms with Crippen LogP contribution < -0.4 is 10.6 Å². The van der Waals surface area contributed by atoms with Gasteiger partial charge in [0.25, 0.3) is 0 Å². The van der Waals surface area contributed by atoms with E-state index in [0.717, 1.165) is 32.0 Å². The van der Waals surface area contributed by atoms with Crippen LogP contribution in [-0.4, -0.2) is 34.9 Å². The van der Waals surface area contributed by atoms with Crippen LogP contribution in [0.3, 0.4) is 0 Å². The summed E-state index contributed by atoms with van der Waals surface area (Å²) < 4.78 is 1.95. The lowest BCUT2D eigenvalue weighted by Crippen LogP contribution is -2.42. The molecule has 2 unspecified atom stereocenters. The third-order valence-corrected chi connectivity index (χ3v) is 2.96. The van der Waals surface area contributed by atoms with Crippen LogP contribution in [-0.2, 0) is 6.54 Å². The summed E-state index contributed by atoms with van der Waals surface area (Å²) in [6.07, 6.45) is 4.89. The van der Waals surface area contributed by atoms with Crippen LogP contribution in [0.2, 0.25) is 0 Å². The Kier molecular flexibility index (Phi) is 10.5. The van der Waals surface area contributed by atoms with Gasteiger partial charge >= 0.3 is 0 Å². The van der Waals surface area contributed by atoms with Gasteiger partial charge < -0.3 is 10.6 Å². The van der Waals surface area contributed by atoms with E-state index in [9.17, 15) is 0 Å². The van der Waals surface area contributed by atoms with E-state index in [2.05, 4.69) is 48.4 Å². The van der Waals surface area contributed by atoms with Crippen LogP contribution in [0.5, 0.6) is 0 Å². The molecule has 0 radical (unpaired) electrons. The first kappa shape index (κ1) is 19.2. The average Bonchev–Trinajstić information content (AvgIpc) is 2.88. The van der Waals surface area contributed by atoms with Crippen molar-refractivity contribution in [2.75, 3.05) is 13.1 Å². The number of hydrogen-bond acceptors (Lipinski definition) is 2. The Bertz CT molecular complexity index is 364. The van der Waals surface area contributed by atoms with E-state index in [4.69, 9.17) is 0 Å². The molecule has 1 aromatic rings. The Morgan fingerprint density at radius 2 is 2.10 bits per heavy atom. The molecule has 0 saturated carbocycles. The van der Waals surface area contributed by atoms with Gasteiger partial charge in [0.05, 0.1) is 0 Å². The normalized spacial score (nSPS) is 14.3. The van der Waals surface area contributed by atoms with Gasteiger partial charge in [0, 0.05) is 38.1 Å². The summed E-state index contributed by atoms with van der Waals surface area (Å²) in [5, 5.41) is 10.9. The molecular formula is C14H28IN5. The summed E-state index contributed by atoms with van der Waals surface area (Å²) in [4.78, 5) is 4.64. The van der Waals surface area contributed by atoms with Crippen LogP contribution in [0, 0.1) is 5.92 Å². The minimum Gasteiger partial charge on any atom is -0.357 e. The first-order chi connectivity index (χ1) is 9.15. The monoisotopic (exact) mass is 393 g/mol. The molecule has 6 heteroatoms. The Balaban J connectivity index is 0.00000361. The molecule has 2 N–H and O–H groups in total. The summed E-state index contributed by atoms with van der Waals surface area (Å²) in [5.74, 6) is 1.37.